The van der Waals surface area contributed by atoms with Crippen LogP contribution in [0.1, 0.15) is 20.3 Å². The quantitative estimate of drug-likeness (QED) is 0.667. The highest BCUT2D eigenvalue weighted by Gasteiger charge is 2.46. The van der Waals surface area contributed by atoms with Crippen LogP contribution in [0.5, 0.6) is 0 Å². The summed E-state index contributed by atoms with van der Waals surface area (Å²) in [6.45, 7) is 4.68. The zero-order chi connectivity index (χ0) is 8.60. The molecule has 1 fully saturated rings. The molecule has 1 heteroatoms. The molecule has 0 amide bonds. The minimum atomic E-state index is 0.584. The summed E-state index contributed by atoms with van der Waals surface area (Å²) in [6.07, 6.45) is 1.37. The van der Waals surface area contributed by atoms with Crippen LogP contribution in [0.4, 0.5) is 0 Å². The smallest absolute Gasteiger partial charge is 0.0151 e. The van der Waals surface area contributed by atoms with Crippen LogP contribution in [0.15, 0.2) is 35.2 Å². The van der Waals surface area contributed by atoms with Crippen LogP contribution in [0.2, 0.25) is 0 Å². The number of hydrogen-bond acceptors (Lipinski definition) is 1. The van der Waals surface area contributed by atoms with Crippen molar-refractivity contribution in [3.8, 4) is 0 Å². The highest BCUT2D eigenvalue weighted by atomic mass is 32.2. The Hall–Kier alpha value is -0.430. The third-order valence-electron chi connectivity index (χ3n) is 2.44. The van der Waals surface area contributed by atoms with Gasteiger partial charge in [-0.05, 0) is 24.0 Å². The third-order valence-corrected chi connectivity index (χ3v) is 4.08. The summed E-state index contributed by atoms with van der Waals surface area (Å²) in [5, 5.41) is 0.847. The Balaban J connectivity index is 1.98. The lowest BCUT2D eigenvalue weighted by Gasteiger charge is -2.02. The van der Waals surface area contributed by atoms with Crippen molar-refractivity contribution < 1.29 is 0 Å². The Labute approximate surface area is 78.4 Å². The molecule has 0 bridgehead atoms. The van der Waals surface area contributed by atoms with Gasteiger partial charge in [0.25, 0.3) is 0 Å². The first-order chi connectivity index (χ1) is 5.68. The zero-order valence-corrected chi connectivity index (χ0v) is 8.40. The molecule has 12 heavy (non-hydrogen) atoms. The van der Waals surface area contributed by atoms with Crippen molar-refractivity contribution in [2.24, 2.45) is 5.41 Å². The second-order valence-electron chi connectivity index (χ2n) is 4.11. The van der Waals surface area contributed by atoms with Crippen molar-refractivity contribution in [3.05, 3.63) is 30.3 Å². The average molecular weight is 178 g/mol. The number of hydrogen-bond donors (Lipinski definition) is 0. The molecular formula is C11H14S. The fourth-order valence-electron chi connectivity index (χ4n) is 1.28. The van der Waals surface area contributed by atoms with Crippen LogP contribution in [-0.2, 0) is 0 Å². The highest BCUT2D eigenvalue weighted by molar-refractivity contribution is 8.00. The topological polar surface area (TPSA) is 0 Å². The van der Waals surface area contributed by atoms with E-state index in [2.05, 4.69) is 44.2 Å². The number of thioether (sulfide) groups is 1. The summed E-state index contributed by atoms with van der Waals surface area (Å²) in [4.78, 5) is 1.41. The van der Waals surface area contributed by atoms with Gasteiger partial charge in [-0.3, -0.25) is 0 Å². The van der Waals surface area contributed by atoms with Crippen LogP contribution in [-0.4, -0.2) is 5.25 Å². The van der Waals surface area contributed by atoms with Gasteiger partial charge in [0.1, 0.15) is 0 Å². The predicted octanol–water partition coefficient (Wildman–Crippen LogP) is 3.58. The van der Waals surface area contributed by atoms with E-state index in [0.717, 1.165) is 5.25 Å². The largest absolute Gasteiger partial charge is 0.122 e. The molecule has 64 valence electrons. The van der Waals surface area contributed by atoms with Crippen LogP contribution in [0.3, 0.4) is 0 Å². The maximum absolute atomic E-state index is 2.34. The van der Waals surface area contributed by atoms with E-state index in [4.69, 9.17) is 0 Å². The van der Waals surface area contributed by atoms with E-state index in [9.17, 15) is 0 Å². The van der Waals surface area contributed by atoms with Crippen molar-refractivity contribution in [3.63, 3.8) is 0 Å². The molecule has 1 aromatic carbocycles. The zero-order valence-electron chi connectivity index (χ0n) is 7.58. The van der Waals surface area contributed by atoms with Crippen molar-refractivity contribution in [2.75, 3.05) is 0 Å². The summed E-state index contributed by atoms with van der Waals surface area (Å²) in [5.74, 6) is 0. The lowest BCUT2D eigenvalue weighted by molar-refractivity contribution is 0.657. The van der Waals surface area contributed by atoms with Gasteiger partial charge in [0.05, 0.1) is 0 Å². The Morgan fingerprint density at radius 3 is 2.33 bits per heavy atom. The van der Waals surface area contributed by atoms with Gasteiger partial charge in [-0.15, -0.1) is 11.8 Å². The lowest BCUT2D eigenvalue weighted by Crippen LogP contribution is -1.89. The molecule has 0 N–H and O–H groups in total. The first-order valence-electron chi connectivity index (χ1n) is 4.40. The maximum Gasteiger partial charge on any atom is 0.0151 e. The van der Waals surface area contributed by atoms with E-state index in [0.29, 0.717) is 5.41 Å². The van der Waals surface area contributed by atoms with Gasteiger partial charge >= 0.3 is 0 Å². The summed E-state index contributed by atoms with van der Waals surface area (Å²) in [5.41, 5.74) is 0.584. The normalized spacial score (nSPS) is 25.3. The van der Waals surface area contributed by atoms with E-state index >= 15 is 0 Å². The van der Waals surface area contributed by atoms with Gasteiger partial charge in [0, 0.05) is 10.1 Å². The summed E-state index contributed by atoms with van der Waals surface area (Å²) < 4.78 is 0. The molecule has 1 aromatic rings. The van der Waals surface area contributed by atoms with E-state index in [1.54, 1.807) is 0 Å². The van der Waals surface area contributed by atoms with Crippen LogP contribution < -0.4 is 0 Å². The molecule has 1 atom stereocenters. The Bertz CT molecular complexity index is 264. The molecule has 1 saturated carbocycles. The van der Waals surface area contributed by atoms with Gasteiger partial charge in [0.2, 0.25) is 0 Å². The minimum absolute atomic E-state index is 0.584. The molecule has 0 radical (unpaired) electrons. The predicted molar refractivity (Wildman–Crippen MR) is 54.5 cm³/mol. The monoisotopic (exact) mass is 178 g/mol. The molecule has 0 spiro atoms. The molecule has 0 saturated heterocycles. The summed E-state index contributed by atoms with van der Waals surface area (Å²) in [7, 11) is 0. The summed E-state index contributed by atoms with van der Waals surface area (Å²) >= 11 is 2.02. The maximum atomic E-state index is 2.34. The fourth-order valence-corrected chi connectivity index (χ4v) is 2.76. The van der Waals surface area contributed by atoms with Gasteiger partial charge in [-0.25, -0.2) is 0 Å². The molecule has 0 nitrogen and oxygen atoms in total. The Morgan fingerprint density at radius 2 is 1.83 bits per heavy atom. The minimum Gasteiger partial charge on any atom is -0.122 e. The molecule has 2 rings (SSSR count). The Morgan fingerprint density at radius 1 is 1.25 bits per heavy atom. The van der Waals surface area contributed by atoms with E-state index < -0.39 is 0 Å². The van der Waals surface area contributed by atoms with Crippen LogP contribution in [0, 0.1) is 5.41 Å². The van der Waals surface area contributed by atoms with Crippen LogP contribution >= 0.6 is 11.8 Å². The van der Waals surface area contributed by atoms with E-state index in [1.807, 2.05) is 11.8 Å². The SMILES string of the molecule is CC1(C)CC1Sc1ccccc1. The first-order valence-corrected chi connectivity index (χ1v) is 5.28. The standard InChI is InChI=1S/C11H14S/c1-11(2)8-10(11)12-9-6-4-3-5-7-9/h3-7,10H,8H2,1-2H3. The van der Waals surface area contributed by atoms with E-state index in [1.165, 1.54) is 11.3 Å². The van der Waals surface area contributed by atoms with Gasteiger partial charge in [0.15, 0.2) is 0 Å². The average Bonchev–Trinajstić information content (AvgIpc) is 2.61. The van der Waals surface area contributed by atoms with Crippen molar-refractivity contribution in [1.29, 1.82) is 0 Å². The van der Waals surface area contributed by atoms with Gasteiger partial charge in [-0.1, -0.05) is 32.0 Å². The Kier molecular flexibility index (Phi) is 1.91. The molecule has 1 aliphatic carbocycles. The molecule has 1 aliphatic rings. The van der Waals surface area contributed by atoms with Gasteiger partial charge < -0.3 is 0 Å². The molecule has 0 heterocycles. The van der Waals surface area contributed by atoms with Gasteiger partial charge in [-0.2, -0.15) is 0 Å². The van der Waals surface area contributed by atoms with Crippen LogP contribution in [0.25, 0.3) is 0 Å². The summed E-state index contributed by atoms with van der Waals surface area (Å²) in [6, 6.07) is 10.7. The number of rotatable bonds is 2. The second-order valence-corrected chi connectivity index (χ2v) is 5.39. The fraction of sp³-hybridized carbons (Fsp3) is 0.455. The van der Waals surface area contributed by atoms with Crippen molar-refractivity contribution >= 4 is 11.8 Å². The molecule has 0 aromatic heterocycles. The lowest BCUT2D eigenvalue weighted by atomic mass is 10.2. The first kappa shape index (κ1) is 8.18. The molecule has 0 aliphatic heterocycles. The second kappa shape index (κ2) is 2.81. The van der Waals surface area contributed by atoms with E-state index in [-0.39, 0.29) is 0 Å². The highest BCUT2D eigenvalue weighted by Crippen LogP contribution is 2.54. The number of benzene rings is 1. The van der Waals surface area contributed by atoms with Crippen molar-refractivity contribution in [2.45, 2.75) is 30.4 Å². The molecular weight excluding hydrogens is 164 g/mol. The molecule has 1 unspecified atom stereocenters. The third kappa shape index (κ3) is 1.66. The van der Waals surface area contributed by atoms with Crippen molar-refractivity contribution in [1.82, 2.24) is 0 Å².